The summed E-state index contributed by atoms with van der Waals surface area (Å²) in [7, 11) is 1.67. The normalized spacial score (nSPS) is 9.43. The van der Waals surface area contributed by atoms with E-state index < -0.39 is 0 Å². The maximum atomic E-state index is 8.49. The van der Waals surface area contributed by atoms with Crippen LogP contribution in [0, 0.1) is 11.3 Å². The van der Waals surface area contributed by atoms with Crippen molar-refractivity contribution in [3.05, 3.63) is 18.1 Å². The smallest absolute Gasteiger partial charge is 0.158 e. The monoisotopic (exact) mass is 192 g/mol. The molecule has 74 valence electrons. The highest BCUT2D eigenvalue weighted by Gasteiger charge is 1.94. The second-order valence-corrected chi connectivity index (χ2v) is 2.67. The predicted molar refractivity (Wildman–Crippen MR) is 51.7 cm³/mol. The Hall–Kier alpha value is -1.67. The Balaban J connectivity index is 2.33. The van der Waals surface area contributed by atoms with Gasteiger partial charge >= 0.3 is 0 Å². The van der Waals surface area contributed by atoms with Crippen molar-refractivity contribution < 1.29 is 4.74 Å². The number of nitrogens with zero attached hydrogens (tertiary/aromatic N) is 3. The fraction of sp³-hybridized carbons (Fsp3) is 0.444. The molecule has 1 aromatic heterocycles. The number of aromatic nitrogens is 2. The zero-order chi connectivity index (χ0) is 10.2. The Morgan fingerprint density at radius 1 is 1.50 bits per heavy atom. The fourth-order valence-electron chi connectivity index (χ4n) is 0.910. The molecule has 0 aromatic carbocycles. The average Bonchev–Trinajstić information content (AvgIpc) is 2.25. The van der Waals surface area contributed by atoms with E-state index in [1.54, 1.807) is 13.3 Å². The van der Waals surface area contributed by atoms with E-state index in [1.807, 2.05) is 6.07 Å². The molecule has 0 aliphatic carbocycles. The second-order valence-electron chi connectivity index (χ2n) is 2.67. The molecule has 1 aromatic rings. The van der Waals surface area contributed by atoms with E-state index in [0.717, 1.165) is 19.6 Å². The molecule has 0 atom stereocenters. The molecule has 0 amide bonds. The van der Waals surface area contributed by atoms with Crippen molar-refractivity contribution in [2.45, 2.75) is 6.42 Å². The van der Waals surface area contributed by atoms with E-state index in [1.165, 1.54) is 6.20 Å². The number of nitriles is 1. The van der Waals surface area contributed by atoms with Crippen LogP contribution in [0.15, 0.2) is 12.4 Å². The molecule has 0 radical (unpaired) electrons. The lowest BCUT2D eigenvalue weighted by atomic mass is 10.4. The molecule has 0 unspecified atom stereocenters. The molecule has 0 saturated carbocycles. The first-order valence-electron chi connectivity index (χ1n) is 4.32. The SMILES string of the molecule is COCCCNc1cnc(C#N)cn1. The van der Waals surface area contributed by atoms with Gasteiger partial charge in [-0.05, 0) is 6.42 Å². The molecule has 0 aliphatic heterocycles. The van der Waals surface area contributed by atoms with Crippen LogP contribution in [-0.4, -0.2) is 30.2 Å². The van der Waals surface area contributed by atoms with Gasteiger partial charge in [-0.25, -0.2) is 9.97 Å². The molecule has 0 bridgehead atoms. The maximum Gasteiger partial charge on any atom is 0.158 e. The largest absolute Gasteiger partial charge is 0.385 e. The Morgan fingerprint density at radius 3 is 2.93 bits per heavy atom. The van der Waals surface area contributed by atoms with Crippen molar-refractivity contribution >= 4 is 5.82 Å². The Bertz CT molecular complexity index is 304. The second kappa shape index (κ2) is 5.89. The summed E-state index contributed by atoms with van der Waals surface area (Å²) in [5.41, 5.74) is 0.326. The van der Waals surface area contributed by atoms with E-state index in [-0.39, 0.29) is 0 Å². The third kappa shape index (κ3) is 3.37. The Labute approximate surface area is 82.8 Å². The van der Waals surface area contributed by atoms with Crippen molar-refractivity contribution in [2.75, 3.05) is 25.6 Å². The van der Waals surface area contributed by atoms with Crippen LogP contribution in [0.5, 0.6) is 0 Å². The molecule has 0 saturated heterocycles. The van der Waals surface area contributed by atoms with Crippen molar-refractivity contribution in [1.82, 2.24) is 9.97 Å². The minimum absolute atomic E-state index is 0.326. The summed E-state index contributed by atoms with van der Waals surface area (Å²) < 4.78 is 4.90. The number of methoxy groups -OCH3 is 1. The highest BCUT2D eigenvalue weighted by molar-refractivity contribution is 5.32. The lowest BCUT2D eigenvalue weighted by molar-refractivity contribution is 0.197. The first-order valence-corrected chi connectivity index (χ1v) is 4.32. The minimum Gasteiger partial charge on any atom is -0.385 e. The predicted octanol–water partition coefficient (Wildman–Crippen LogP) is 0.797. The van der Waals surface area contributed by atoms with Crippen LogP contribution in [0.25, 0.3) is 0 Å². The number of anilines is 1. The van der Waals surface area contributed by atoms with Crippen molar-refractivity contribution in [3.8, 4) is 6.07 Å². The van der Waals surface area contributed by atoms with Gasteiger partial charge in [0.25, 0.3) is 0 Å². The fourth-order valence-corrected chi connectivity index (χ4v) is 0.910. The quantitative estimate of drug-likeness (QED) is 0.698. The highest BCUT2D eigenvalue weighted by Crippen LogP contribution is 1.99. The van der Waals surface area contributed by atoms with E-state index in [2.05, 4.69) is 15.3 Å². The summed E-state index contributed by atoms with van der Waals surface area (Å²) in [5, 5.41) is 11.6. The van der Waals surface area contributed by atoms with Gasteiger partial charge in [-0.15, -0.1) is 0 Å². The number of hydrogen-bond acceptors (Lipinski definition) is 5. The number of ether oxygens (including phenoxy) is 1. The van der Waals surface area contributed by atoms with E-state index >= 15 is 0 Å². The van der Waals surface area contributed by atoms with Gasteiger partial charge in [0.1, 0.15) is 11.9 Å². The molecule has 5 heteroatoms. The lowest BCUT2D eigenvalue weighted by Gasteiger charge is -2.03. The first-order chi connectivity index (χ1) is 6.86. The Kier molecular flexibility index (Phi) is 4.38. The molecule has 0 aliphatic rings. The maximum absolute atomic E-state index is 8.49. The van der Waals surface area contributed by atoms with Crippen LogP contribution in [0.4, 0.5) is 5.82 Å². The Morgan fingerprint density at radius 2 is 2.36 bits per heavy atom. The summed E-state index contributed by atoms with van der Waals surface area (Å²) in [6.45, 7) is 1.51. The molecule has 5 nitrogen and oxygen atoms in total. The molecule has 1 rings (SSSR count). The van der Waals surface area contributed by atoms with Crippen LogP contribution >= 0.6 is 0 Å². The lowest BCUT2D eigenvalue weighted by Crippen LogP contribution is -2.06. The molecular formula is C9H12N4O. The van der Waals surface area contributed by atoms with E-state index in [9.17, 15) is 0 Å². The van der Waals surface area contributed by atoms with Gasteiger partial charge in [0.15, 0.2) is 5.69 Å². The summed E-state index contributed by atoms with van der Waals surface area (Å²) in [5.74, 6) is 0.681. The van der Waals surface area contributed by atoms with Crippen molar-refractivity contribution in [1.29, 1.82) is 5.26 Å². The van der Waals surface area contributed by atoms with Gasteiger partial charge in [-0.3, -0.25) is 0 Å². The van der Waals surface area contributed by atoms with Gasteiger partial charge in [0, 0.05) is 20.3 Å². The van der Waals surface area contributed by atoms with Crippen LogP contribution in [0.1, 0.15) is 12.1 Å². The molecule has 1 N–H and O–H groups in total. The van der Waals surface area contributed by atoms with Gasteiger partial charge in [0.05, 0.1) is 12.4 Å². The van der Waals surface area contributed by atoms with Crippen LogP contribution < -0.4 is 5.32 Å². The standard InChI is InChI=1S/C9H12N4O/c1-14-4-2-3-11-9-7-12-8(5-10)6-13-9/h6-7H,2-4H2,1H3,(H,11,13). The summed E-state index contributed by atoms with van der Waals surface area (Å²) in [6, 6.07) is 1.91. The topological polar surface area (TPSA) is 70.8 Å². The molecule has 0 spiro atoms. The molecule has 1 heterocycles. The van der Waals surface area contributed by atoms with Gasteiger partial charge in [-0.2, -0.15) is 5.26 Å². The van der Waals surface area contributed by atoms with Crippen molar-refractivity contribution in [2.24, 2.45) is 0 Å². The van der Waals surface area contributed by atoms with Gasteiger partial charge in [0.2, 0.25) is 0 Å². The first kappa shape index (κ1) is 10.4. The van der Waals surface area contributed by atoms with Gasteiger partial charge < -0.3 is 10.1 Å². The number of rotatable bonds is 5. The van der Waals surface area contributed by atoms with Crippen LogP contribution in [-0.2, 0) is 4.74 Å². The summed E-state index contributed by atoms with van der Waals surface area (Å²) >= 11 is 0. The summed E-state index contributed by atoms with van der Waals surface area (Å²) in [4.78, 5) is 7.89. The third-order valence-corrected chi connectivity index (χ3v) is 1.60. The number of nitrogens with one attached hydrogen (secondary N) is 1. The highest BCUT2D eigenvalue weighted by atomic mass is 16.5. The zero-order valence-electron chi connectivity index (χ0n) is 8.03. The number of hydrogen-bond donors (Lipinski definition) is 1. The average molecular weight is 192 g/mol. The molecule has 14 heavy (non-hydrogen) atoms. The zero-order valence-corrected chi connectivity index (χ0v) is 8.03. The van der Waals surface area contributed by atoms with Crippen LogP contribution in [0.2, 0.25) is 0 Å². The van der Waals surface area contributed by atoms with Crippen molar-refractivity contribution in [3.63, 3.8) is 0 Å². The summed E-state index contributed by atoms with van der Waals surface area (Å²) in [6.07, 6.45) is 3.90. The van der Waals surface area contributed by atoms with E-state index in [0.29, 0.717) is 11.5 Å². The van der Waals surface area contributed by atoms with Gasteiger partial charge in [-0.1, -0.05) is 0 Å². The molecular weight excluding hydrogens is 180 g/mol. The van der Waals surface area contributed by atoms with Crippen LogP contribution in [0.3, 0.4) is 0 Å². The molecule has 0 fully saturated rings. The van der Waals surface area contributed by atoms with E-state index in [4.69, 9.17) is 10.00 Å². The third-order valence-electron chi connectivity index (χ3n) is 1.60. The minimum atomic E-state index is 0.326.